The molecule has 0 aliphatic heterocycles. The number of nitrogens with one attached hydrogen (secondary N) is 1. The largest absolute Gasteiger partial charge is 0.438 e. The molecular formula is C17H19N3O. The van der Waals surface area contributed by atoms with Gasteiger partial charge in [-0.2, -0.15) is 0 Å². The lowest BCUT2D eigenvalue weighted by molar-refractivity contribution is 0.454. The molecule has 2 aromatic rings. The van der Waals surface area contributed by atoms with Gasteiger partial charge in [-0.15, -0.1) is 0 Å². The maximum Gasteiger partial charge on any atom is 0.230 e. The van der Waals surface area contributed by atoms with E-state index >= 15 is 0 Å². The van der Waals surface area contributed by atoms with Crippen molar-refractivity contribution in [3.8, 4) is 11.6 Å². The number of amidine groups is 1. The number of para-hydroxylation sites is 1. The van der Waals surface area contributed by atoms with E-state index in [1.807, 2.05) is 30.3 Å². The monoisotopic (exact) mass is 281 g/mol. The number of aryl methyl sites for hydroxylation is 3. The smallest absolute Gasteiger partial charge is 0.230 e. The molecule has 1 aliphatic rings. The van der Waals surface area contributed by atoms with E-state index in [0.29, 0.717) is 11.4 Å². The van der Waals surface area contributed by atoms with E-state index in [2.05, 4.69) is 11.9 Å². The number of ether oxygens (including phenoxy) is 1. The van der Waals surface area contributed by atoms with E-state index in [4.69, 9.17) is 15.9 Å². The van der Waals surface area contributed by atoms with Crippen molar-refractivity contribution < 1.29 is 4.74 Å². The third kappa shape index (κ3) is 2.61. The first kappa shape index (κ1) is 13.6. The molecule has 0 bridgehead atoms. The topological polar surface area (TPSA) is 72.0 Å². The molecule has 0 saturated heterocycles. The van der Waals surface area contributed by atoms with Gasteiger partial charge in [0, 0.05) is 5.69 Å². The normalized spacial score (nSPS) is 13.0. The summed E-state index contributed by atoms with van der Waals surface area (Å²) in [5.74, 6) is 1.23. The number of nitrogens with zero attached hydrogens (tertiary/aromatic N) is 1. The van der Waals surface area contributed by atoms with Gasteiger partial charge in [-0.05, 0) is 48.9 Å². The number of hydrogen-bond donors (Lipinski definition) is 2. The van der Waals surface area contributed by atoms with Crippen LogP contribution in [0.15, 0.2) is 30.3 Å². The standard InChI is InChI=1S/C17H19N3O/c1-2-11-6-3-4-9-15(11)21-17-13(16(18)19)10-12-7-5-8-14(12)20-17/h3-4,6,9-10H,2,5,7-8H2,1H3,(H3,18,19). The van der Waals surface area contributed by atoms with Crippen LogP contribution in [0, 0.1) is 5.41 Å². The molecule has 0 fully saturated rings. The zero-order chi connectivity index (χ0) is 14.8. The van der Waals surface area contributed by atoms with Crippen molar-refractivity contribution in [3.05, 3.63) is 52.7 Å². The van der Waals surface area contributed by atoms with Crippen molar-refractivity contribution in [1.29, 1.82) is 5.41 Å². The van der Waals surface area contributed by atoms with Gasteiger partial charge in [-0.25, -0.2) is 4.98 Å². The van der Waals surface area contributed by atoms with Crippen molar-refractivity contribution in [1.82, 2.24) is 4.98 Å². The molecule has 4 heteroatoms. The summed E-state index contributed by atoms with van der Waals surface area (Å²) < 4.78 is 5.99. The van der Waals surface area contributed by atoms with E-state index < -0.39 is 0 Å². The van der Waals surface area contributed by atoms with Gasteiger partial charge >= 0.3 is 0 Å². The molecule has 108 valence electrons. The molecule has 21 heavy (non-hydrogen) atoms. The fraction of sp³-hybridized carbons (Fsp3) is 0.294. The molecule has 0 spiro atoms. The molecule has 1 aromatic heterocycles. The first-order valence-corrected chi connectivity index (χ1v) is 7.32. The number of aromatic nitrogens is 1. The minimum absolute atomic E-state index is 0.00109. The summed E-state index contributed by atoms with van der Waals surface area (Å²) in [4.78, 5) is 4.60. The zero-order valence-corrected chi connectivity index (χ0v) is 12.1. The summed E-state index contributed by atoms with van der Waals surface area (Å²) in [6.07, 6.45) is 3.97. The number of nitrogen functional groups attached to an aromatic ring is 1. The fourth-order valence-electron chi connectivity index (χ4n) is 2.72. The van der Waals surface area contributed by atoms with E-state index in [0.717, 1.165) is 42.7 Å². The molecule has 0 unspecified atom stereocenters. The van der Waals surface area contributed by atoms with Gasteiger partial charge in [0.05, 0.1) is 5.56 Å². The van der Waals surface area contributed by atoms with Crippen molar-refractivity contribution in [2.75, 3.05) is 0 Å². The maximum absolute atomic E-state index is 7.76. The Balaban J connectivity index is 2.03. The fourth-order valence-corrected chi connectivity index (χ4v) is 2.72. The molecule has 3 rings (SSSR count). The quantitative estimate of drug-likeness (QED) is 0.667. The van der Waals surface area contributed by atoms with E-state index in [1.165, 1.54) is 5.56 Å². The summed E-state index contributed by atoms with van der Waals surface area (Å²) in [5.41, 5.74) is 9.66. The Morgan fingerprint density at radius 1 is 1.33 bits per heavy atom. The minimum atomic E-state index is 0.00109. The van der Waals surface area contributed by atoms with Crippen LogP contribution in [0.3, 0.4) is 0 Å². The molecule has 0 atom stereocenters. The van der Waals surface area contributed by atoms with Gasteiger partial charge in [0.2, 0.25) is 5.88 Å². The second kappa shape index (κ2) is 5.56. The first-order valence-electron chi connectivity index (χ1n) is 7.32. The average molecular weight is 281 g/mol. The lowest BCUT2D eigenvalue weighted by atomic mass is 10.1. The van der Waals surface area contributed by atoms with Crippen LogP contribution in [0.1, 0.15) is 35.7 Å². The number of benzene rings is 1. The SMILES string of the molecule is CCc1ccccc1Oc1nc2c(cc1C(=N)N)CCC2. The third-order valence-corrected chi connectivity index (χ3v) is 3.87. The Labute approximate surface area is 124 Å². The summed E-state index contributed by atoms with van der Waals surface area (Å²) in [6, 6.07) is 9.86. The van der Waals surface area contributed by atoms with Crippen LogP contribution in [-0.2, 0) is 19.3 Å². The Morgan fingerprint density at radius 2 is 2.14 bits per heavy atom. The Kier molecular flexibility index (Phi) is 3.60. The molecule has 0 radical (unpaired) electrons. The van der Waals surface area contributed by atoms with Crippen LogP contribution in [0.25, 0.3) is 0 Å². The molecule has 1 aliphatic carbocycles. The van der Waals surface area contributed by atoms with Crippen LogP contribution in [0.2, 0.25) is 0 Å². The summed E-state index contributed by atoms with van der Waals surface area (Å²) in [5, 5.41) is 7.76. The van der Waals surface area contributed by atoms with Gasteiger partial charge in [-0.1, -0.05) is 25.1 Å². The Hall–Kier alpha value is -2.36. The van der Waals surface area contributed by atoms with Crippen LogP contribution in [-0.4, -0.2) is 10.8 Å². The second-order valence-corrected chi connectivity index (χ2v) is 5.28. The second-order valence-electron chi connectivity index (χ2n) is 5.28. The lowest BCUT2D eigenvalue weighted by Crippen LogP contribution is -2.14. The maximum atomic E-state index is 7.76. The van der Waals surface area contributed by atoms with Gasteiger partial charge in [-0.3, -0.25) is 5.41 Å². The van der Waals surface area contributed by atoms with Crippen LogP contribution in [0.5, 0.6) is 11.6 Å². The number of hydrogen-bond acceptors (Lipinski definition) is 3. The van der Waals surface area contributed by atoms with Gasteiger partial charge < -0.3 is 10.5 Å². The van der Waals surface area contributed by atoms with Gasteiger partial charge in [0.1, 0.15) is 11.6 Å². The summed E-state index contributed by atoms with van der Waals surface area (Å²) >= 11 is 0. The lowest BCUT2D eigenvalue weighted by Gasteiger charge is -2.13. The van der Waals surface area contributed by atoms with Crippen LogP contribution >= 0.6 is 0 Å². The highest BCUT2D eigenvalue weighted by atomic mass is 16.5. The number of fused-ring (bicyclic) bond motifs is 1. The van der Waals surface area contributed by atoms with E-state index in [-0.39, 0.29) is 5.84 Å². The van der Waals surface area contributed by atoms with Gasteiger partial charge in [0.15, 0.2) is 0 Å². The predicted molar refractivity (Wildman–Crippen MR) is 83.2 cm³/mol. The van der Waals surface area contributed by atoms with Crippen molar-refractivity contribution in [2.24, 2.45) is 5.73 Å². The van der Waals surface area contributed by atoms with E-state index in [9.17, 15) is 0 Å². The Bertz CT molecular complexity index is 694. The number of nitrogens with two attached hydrogens (primary N) is 1. The highest BCUT2D eigenvalue weighted by Gasteiger charge is 2.19. The average Bonchev–Trinajstić information content (AvgIpc) is 2.94. The third-order valence-electron chi connectivity index (χ3n) is 3.87. The highest BCUT2D eigenvalue weighted by Crippen LogP contribution is 2.31. The molecule has 3 N–H and O–H groups in total. The molecule has 0 amide bonds. The Morgan fingerprint density at radius 3 is 2.90 bits per heavy atom. The zero-order valence-electron chi connectivity index (χ0n) is 12.1. The predicted octanol–water partition coefficient (Wildman–Crippen LogP) is 3.21. The molecule has 4 nitrogen and oxygen atoms in total. The highest BCUT2D eigenvalue weighted by molar-refractivity contribution is 5.97. The summed E-state index contributed by atoms with van der Waals surface area (Å²) in [7, 11) is 0. The molecule has 1 heterocycles. The molecule has 0 saturated carbocycles. The van der Waals surface area contributed by atoms with Crippen LogP contribution < -0.4 is 10.5 Å². The van der Waals surface area contributed by atoms with Crippen LogP contribution in [0.4, 0.5) is 0 Å². The molecular weight excluding hydrogens is 262 g/mol. The van der Waals surface area contributed by atoms with Crippen molar-refractivity contribution in [3.63, 3.8) is 0 Å². The van der Waals surface area contributed by atoms with Crippen molar-refractivity contribution >= 4 is 5.84 Å². The molecule has 1 aromatic carbocycles. The van der Waals surface area contributed by atoms with Crippen molar-refractivity contribution in [2.45, 2.75) is 32.6 Å². The van der Waals surface area contributed by atoms with Gasteiger partial charge in [0.25, 0.3) is 0 Å². The summed E-state index contributed by atoms with van der Waals surface area (Å²) in [6.45, 7) is 2.09. The number of pyridine rings is 1. The van der Waals surface area contributed by atoms with E-state index in [1.54, 1.807) is 0 Å². The number of rotatable bonds is 4. The minimum Gasteiger partial charge on any atom is -0.438 e. The first-order chi connectivity index (χ1) is 10.2.